The lowest BCUT2D eigenvalue weighted by molar-refractivity contribution is 0.701. The van der Waals surface area contributed by atoms with Crippen LogP contribution < -0.4 is 4.90 Å². The molecular formula is C13H18N2. The van der Waals surface area contributed by atoms with E-state index in [1.54, 1.807) is 0 Å². The molecule has 80 valence electrons. The highest BCUT2D eigenvalue weighted by atomic mass is 15.1. The Bertz CT molecular complexity index is 375. The average molecular weight is 202 g/mol. The molecule has 0 saturated heterocycles. The highest BCUT2D eigenvalue weighted by Crippen LogP contribution is 2.26. The fraction of sp³-hybridized carbons (Fsp3) is 0.462. The summed E-state index contributed by atoms with van der Waals surface area (Å²) in [5, 5.41) is 9.09. The summed E-state index contributed by atoms with van der Waals surface area (Å²) in [5.41, 5.74) is 3.02. The molecule has 1 rings (SSSR count). The summed E-state index contributed by atoms with van der Waals surface area (Å²) in [6.45, 7) is 9.40. The van der Waals surface area contributed by atoms with E-state index in [0.717, 1.165) is 17.8 Å². The Morgan fingerprint density at radius 3 is 2.53 bits per heavy atom. The minimum absolute atomic E-state index is 0.420. The first-order valence-electron chi connectivity index (χ1n) is 5.38. The number of nitrogens with zero attached hydrogens (tertiary/aromatic N) is 2. The van der Waals surface area contributed by atoms with E-state index in [1.807, 2.05) is 12.1 Å². The molecule has 0 saturated carbocycles. The van der Waals surface area contributed by atoms with Crippen LogP contribution in [0.25, 0.3) is 0 Å². The zero-order valence-electron chi connectivity index (χ0n) is 9.91. The monoisotopic (exact) mass is 202 g/mol. The molecule has 0 radical (unpaired) electrons. The molecule has 2 heteroatoms. The summed E-state index contributed by atoms with van der Waals surface area (Å²) in [5.74, 6) is 0. The highest BCUT2D eigenvalue weighted by molar-refractivity contribution is 5.64. The first kappa shape index (κ1) is 11.6. The fourth-order valence-corrected chi connectivity index (χ4v) is 1.91. The van der Waals surface area contributed by atoms with Crippen LogP contribution in [-0.2, 0) is 0 Å². The van der Waals surface area contributed by atoms with E-state index < -0.39 is 0 Å². The highest BCUT2D eigenvalue weighted by Gasteiger charge is 2.14. The van der Waals surface area contributed by atoms with Gasteiger partial charge in [0.25, 0.3) is 0 Å². The van der Waals surface area contributed by atoms with E-state index in [9.17, 15) is 0 Å². The van der Waals surface area contributed by atoms with Gasteiger partial charge in [0.05, 0.1) is 11.3 Å². The van der Waals surface area contributed by atoms with Crippen LogP contribution in [0.1, 0.15) is 31.9 Å². The van der Waals surface area contributed by atoms with Crippen LogP contribution in [0.4, 0.5) is 5.69 Å². The van der Waals surface area contributed by atoms with Crippen molar-refractivity contribution in [1.82, 2.24) is 0 Å². The van der Waals surface area contributed by atoms with Gasteiger partial charge in [0.2, 0.25) is 0 Å². The van der Waals surface area contributed by atoms with Crippen molar-refractivity contribution < 1.29 is 0 Å². The van der Waals surface area contributed by atoms with Crippen molar-refractivity contribution in [1.29, 1.82) is 5.26 Å². The zero-order chi connectivity index (χ0) is 11.4. The Morgan fingerprint density at radius 1 is 1.40 bits per heavy atom. The molecule has 0 aliphatic heterocycles. The van der Waals surface area contributed by atoms with Crippen LogP contribution >= 0.6 is 0 Å². The van der Waals surface area contributed by atoms with Gasteiger partial charge in [-0.05, 0) is 39.3 Å². The third-order valence-corrected chi connectivity index (χ3v) is 2.61. The maximum atomic E-state index is 9.09. The van der Waals surface area contributed by atoms with Gasteiger partial charge in [-0.1, -0.05) is 12.1 Å². The third kappa shape index (κ3) is 2.30. The van der Waals surface area contributed by atoms with Crippen molar-refractivity contribution in [2.75, 3.05) is 11.4 Å². The van der Waals surface area contributed by atoms with Gasteiger partial charge in [0.1, 0.15) is 6.07 Å². The van der Waals surface area contributed by atoms with Gasteiger partial charge < -0.3 is 4.90 Å². The second-order valence-electron chi connectivity index (χ2n) is 3.96. The maximum absolute atomic E-state index is 9.09. The Hall–Kier alpha value is -1.49. The summed E-state index contributed by atoms with van der Waals surface area (Å²) < 4.78 is 0. The van der Waals surface area contributed by atoms with E-state index in [0.29, 0.717) is 6.04 Å². The largest absolute Gasteiger partial charge is 0.368 e. The topological polar surface area (TPSA) is 27.0 Å². The zero-order valence-corrected chi connectivity index (χ0v) is 9.91. The molecular weight excluding hydrogens is 184 g/mol. The van der Waals surface area contributed by atoms with Gasteiger partial charge in [-0.15, -0.1) is 0 Å². The maximum Gasteiger partial charge on any atom is 0.101 e. The van der Waals surface area contributed by atoms with Gasteiger partial charge in [0, 0.05) is 12.6 Å². The normalized spacial score (nSPS) is 10.1. The van der Waals surface area contributed by atoms with Crippen molar-refractivity contribution in [3.8, 4) is 6.07 Å². The first-order chi connectivity index (χ1) is 7.11. The van der Waals surface area contributed by atoms with Crippen molar-refractivity contribution in [3.63, 3.8) is 0 Å². The SMILES string of the molecule is CCN(c1c(C)cccc1C#N)C(C)C. The Morgan fingerprint density at radius 2 is 2.07 bits per heavy atom. The van der Waals surface area contributed by atoms with Crippen LogP contribution in [-0.4, -0.2) is 12.6 Å². The van der Waals surface area contributed by atoms with Crippen molar-refractivity contribution >= 4 is 5.69 Å². The molecule has 0 atom stereocenters. The molecule has 0 fully saturated rings. The number of para-hydroxylation sites is 1. The lowest BCUT2D eigenvalue weighted by atomic mass is 10.1. The number of hydrogen-bond donors (Lipinski definition) is 0. The number of rotatable bonds is 3. The Labute approximate surface area is 92.1 Å². The standard InChI is InChI=1S/C13H18N2/c1-5-15(10(2)3)13-11(4)7-6-8-12(13)9-14/h6-8,10H,5H2,1-4H3. The van der Waals surface area contributed by atoms with Gasteiger partial charge in [0.15, 0.2) is 0 Å². The predicted molar refractivity (Wildman–Crippen MR) is 64.1 cm³/mol. The summed E-state index contributed by atoms with van der Waals surface area (Å²) in [4.78, 5) is 2.26. The van der Waals surface area contributed by atoms with Crippen LogP contribution in [0.15, 0.2) is 18.2 Å². The molecule has 0 spiro atoms. The molecule has 0 N–H and O–H groups in total. The summed E-state index contributed by atoms with van der Waals surface area (Å²) in [6.07, 6.45) is 0. The Kier molecular flexibility index (Phi) is 3.74. The van der Waals surface area contributed by atoms with Crippen molar-refractivity contribution in [2.45, 2.75) is 33.7 Å². The second-order valence-corrected chi connectivity index (χ2v) is 3.96. The van der Waals surface area contributed by atoms with Crippen LogP contribution in [0.2, 0.25) is 0 Å². The van der Waals surface area contributed by atoms with Crippen LogP contribution in [0.3, 0.4) is 0 Å². The lowest BCUT2D eigenvalue weighted by Gasteiger charge is -2.29. The molecule has 0 aromatic heterocycles. The van der Waals surface area contributed by atoms with Gasteiger partial charge >= 0.3 is 0 Å². The summed E-state index contributed by atoms with van der Waals surface area (Å²) in [6, 6.07) is 8.56. The van der Waals surface area contributed by atoms with E-state index in [4.69, 9.17) is 5.26 Å². The fourth-order valence-electron chi connectivity index (χ4n) is 1.91. The van der Waals surface area contributed by atoms with E-state index in [2.05, 4.69) is 44.7 Å². The summed E-state index contributed by atoms with van der Waals surface area (Å²) >= 11 is 0. The van der Waals surface area contributed by atoms with Crippen molar-refractivity contribution in [2.24, 2.45) is 0 Å². The molecule has 0 unspecified atom stereocenters. The number of benzene rings is 1. The average Bonchev–Trinajstić information content (AvgIpc) is 2.21. The molecule has 15 heavy (non-hydrogen) atoms. The molecule has 0 heterocycles. The Balaban J connectivity index is 3.28. The third-order valence-electron chi connectivity index (χ3n) is 2.61. The number of anilines is 1. The van der Waals surface area contributed by atoms with Crippen LogP contribution in [0.5, 0.6) is 0 Å². The molecule has 0 aliphatic carbocycles. The second kappa shape index (κ2) is 4.84. The number of aryl methyl sites for hydroxylation is 1. The quantitative estimate of drug-likeness (QED) is 0.753. The lowest BCUT2D eigenvalue weighted by Crippen LogP contribution is -2.31. The predicted octanol–water partition coefficient (Wildman–Crippen LogP) is 3.10. The van der Waals surface area contributed by atoms with Gasteiger partial charge in [-0.2, -0.15) is 5.26 Å². The molecule has 0 aliphatic rings. The minimum atomic E-state index is 0.420. The van der Waals surface area contributed by atoms with Crippen molar-refractivity contribution in [3.05, 3.63) is 29.3 Å². The molecule has 0 bridgehead atoms. The molecule has 0 amide bonds. The minimum Gasteiger partial charge on any atom is -0.368 e. The first-order valence-corrected chi connectivity index (χ1v) is 5.38. The smallest absolute Gasteiger partial charge is 0.101 e. The van der Waals surface area contributed by atoms with Gasteiger partial charge in [-0.3, -0.25) is 0 Å². The number of nitriles is 1. The molecule has 1 aromatic carbocycles. The van der Waals surface area contributed by atoms with Gasteiger partial charge in [-0.25, -0.2) is 0 Å². The van der Waals surface area contributed by atoms with E-state index in [1.165, 1.54) is 5.56 Å². The van der Waals surface area contributed by atoms with E-state index >= 15 is 0 Å². The molecule has 2 nitrogen and oxygen atoms in total. The number of hydrogen-bond acceptors (Lipinski definition) is 2. The summed E-state index contributed by atoms with van der Waals surface area (Å²) in [7, 11) is 0. The van der Waals surface area contributed by atoms with Crippen LogP contribution in [0, 0.1) is 18.3 Å². The molecule has 1 aromatic rings. The van der Waals surface area contributed by atoms with E-state index in [-0.39, 0.29) is 0 Å².